The van der Waals surface area contributed by atoms with E-state index in [9.17, 15) is 13.8 Å². The molecule has 0 aliphatic rings. The van der Waals surface area contributed by atoms with Gasteiger partial charge in [0.1, 0.15) is 29.4 Å². The Bertz CT molecular complexity index is 1470. The van der Waals surface area contributed by atoms with E-state index in [1.54, 1.807) is 55.0 Å². The second-order valence-electron chi connectivity index (χ2n) is 9.23. The number of amides is 1. The van der Waals surface area contributed by atoms with Gasteiger partial charge in [0.05, 0.1) is 22.6 Å². The van der Waals surface area contributed by atoms with E-state index < -0.39 is 15.7 Å². The first kappa shape index (κ1) is 29.3. The number of aromatic nitrogens is 2. The molecule has 2 atom stereocenters. The molecule has 4 rings (SSSR count). The molecule has 0 saturated carbocycles. The summed E-state index contributed by atoms with van der Waals surface area (Å²) in [7, 11) is 1.68. The molecule has 4 aromatic rings. The SMILES string of the molecule is COCCOc1cc(N(C)S(=O)c2ccccn2)c2[nH]c(C(=O)NCC(C)(C=O)SCc3ccccc3)cc2c1. The van der Waals surface area contributed by atoms with Gasteiger partial charge in [-0.15, -0.1) is 11.8 Å². The number of hydrogen-bond acceptors (Lipinski definition) is 7. The summed E-state index contributed by atoms with van der Waals surface area (Å²) in [6, 6.07) is 20.4. The fraction of sp³-hybridized carbons (Fsp3) is 0.276. The number of nitrogens with one attached hydrogen (secondary N) is 2. The molecular formula is C29H32N4O5S2. The molecule has 0 saturated heterocycles. The van der Waals surface area contributed by atoms with Crippen LogP contribution in [0.5, 0.6) is 5.75 Å². The van der Waals surface area contributed by atoms with Gasteiger partial charge in [0.25, 0.3) is 5.91 Å². The molecule has 0 bridgehead atoms. The lowest BCUT2D eigenvalue weighted by Crippen LogP contribution is -2.39. The molecule has 2 unspecified atom stereocenters. The molecule has 0 radical (unpaired) electrons. The number of carbonyl (C=O) groups is 2. The van der Waals surface area contributed by atoms with Crippen LogP contribution in [0.15, 0.2) is 78.0 Å². The van der Waals surface area contributed by atoms with Crippen LogP contribution in [-0.2, 0) is 26.3 Å². The highest BCUT2D eigenvalue weighted by molar-refractivity contribution is 8.00. The van der Waals surface area contributed by atoms with Gasteiger partial charge in [-0.3, -0.25) is 9.10 Å². The molecular weight excluding hydrogens is 548 g/mol. The Morgan fingerprint density at radius 1 is 1.15 bits per heavy atom. The van der Waals surface area contributed by atoms with Gasteiger partial charge in [-0.05, 0) is 36.8 Å². The molecule has 0 fully saturated rings. The Balaban J connectivity index is 1.56. The predicted molar refractivity (Wildman–Crippen MR) is 159 cm³/mol. The molecule has 2 heterocycles. The Kier molecular flexibility index (Phi) is 9.97. The normalized spacial score (nSPS) is 13.4. The van der Waals surface area contributed by atoms with Crippen LogP contribution in [0.4, 0.5) is 5.69 Å². The van der Waals surface area contributed by atoms with Crippen LogP contribution >= 0.6 is 11.8 Å². The van der Waals surface area contributed by atoms with E-state index >= 15 is 0 Å². The second-order valence-corrected chi connectivity index (χ2v) is 12.2. The molecule has 9 nitrogen and oxygen atoms in total. The average molecular weight is 581 g/mol. The van der Waals surface area contributed by atoms with Gasteiger partial charge in [0.15, 0.2) is 11.0 Å². The number of methoxy groups -OCH3 is 1. The standard InChI is InChI=1S/C29H32N4O5S2/c1-29(20-34,39-18-21-9-5-4-6-10-21)19-31-28(35)24-16-22-15-23(38-14-13-37-3)17-25(27(22)32-24)33(2)40(36)26-11-7-8-12-30-26/h4-12,15-17,20,32H,13-14,18-19H2,1-3H3,(H,31,35). The van der Waals surface area contributed by atoms with E-state index in [0.29, 0.717) is 52.0 Å². The lowest BCUT2D eigenvalue weighted by Gasteiger charge is -2.22. The number of aromatic amines is 1. The zero-order valence-corrected chi connectivity index (χ0v) is 24.2. The fourth-order valence-corrected chi connectivity index (χ4v) is 5.76. The van der Waals surface area contributed by atoms with Gasteiger partial charge in [0, 0.05) is 44.1 Å². The minimum absolute atomic E-state index is 0.157. The summed E-state index contributed by atoms with van der Waals surface area (Å²) in [5, 5.41) is 3.99. The third kappa shape index (κ3) is 7.29. The van der Waals surface area contributed by atoms with Gasteiger partial charge in [0.2, 0.25) is 0 Å². The highest BCUT2D eigenvalue weighted by atomic mass is 32.2. The van der Waals surface area contributed by atoms with Crippen molar-refractivity contribution in [1.29, 1.82) is 0 Å². The number of H-pyrrole nitrogens is 1. The van der Waals surface area contributed by atoms with Gasteiger partial charge in [-0.1, -0.05) is 36.4 Å². The van der Waals surface area contributed by atoms with Crippen molar-refractivity contribution in [3.63, 3.8) is 0 Å². The van der Waals surface area contributed by atoms with Crippen molar-refractivity contribution in [1.82, 2.24) is 15.3 Å². The molecule has 2 aromatic carbocycles. The van der Waals surface area contributed by atoms with E-state index in [1.165, 1.54) is 11.8 Å². The zero-order chi connectivity index (χ0) is 28.5. The summed E-state index contributed by atoms with van der Waals surface area (Å²) in [5.41, 5.74) is 2.60. The van der Waals surface area contributed by atoms with Crippen LogP contribution in [0.25, 0.3) is 10.9 Å². The van der Waals surface area contributed by atoms with Crippen LogP contribution in [-0.4, -0.2) is 65.0 Å². The fourth-order valence-electron chi connectivity index (χ4n) is 3.88. The second kappa shape index (κ2) is 13.6. The smallest absolute Gasteiger partial charge is 0.267 e. The summed E-state index contributed by atoms with van der Waals surface area (Å²) in [4.78, 5) is 32.5. The number of benzene rings is 2. The predicted octanol–water partition coefficient (Wildman–Crippen LogP) is 4.37. The lowest BCUT2D eigenvalue weighted by molar-refractivity contribution is -0.109. The van der Waals surface area contributed by atoms with Gasteiger partial charge < -0.3 is 24.6 Å². The third-order valence-corrected chi connectivity index (χ3v) is 8.82. The maximum Gasteiger partial charge on any atom is 0.267 e. The largest absolute Gasteiger partial charge is 0.491 e. The highest BCUT2D eigenvalue weighted by Crippen LogP contribution is 2.34. The molecule has 11 heteroatoms. The number of rotatable bonds is 14. The van der Waals surface area contributed by atoms with Crippen molar-refractivity contribution in [3.05, 3.63) is 84.2 Å². The third-order valence-electron chi connectivity index (χ3n) is 6.15. The van der Waals surface area contributed by atoms with Crippen molar-refractivity contribution in [2.75, 3.05) is 38.2 Å². The van der Waals surface area contributed by atoms with E-state index in [4.69, 9.17) is 9.47 Å². The Morgan fingerprint density at radius 2 is 1.93 bits per heavy atom. The summed E-state index contributed by atoms with van der Waals surface area (Å²) in [6.45, 7) is 2.70. The molecule has 0 aliphatic carbocycles. The van der Waals surface area contributed by atoms with Crippen molar-refractivity contribution >= 4 is 51.5 Å². The van der Waals surface area contributed by atoms with Crippen LogP contribution < -0.4 is 14.4 Å². The van der Waals surface area contributed by atoms with E-state index in [-0.39, 0.29) is 12.5 Å². The van der Waals surface area contributed by atoms with Crippen molar-refractivity contribution in [2.24, 2.45) is 0 Å². The monoisotopic (exact) mass is 580 g/mol. The number of pyridine rings is 1. The maximum absolute atomic E-state index is 13.3. The quantitative estimate of drug-likeness (QED) is 0.168. The van der Waals surface area contributed by atoms with Gasteiger partial charge in [-0.2, -0.15) is 0 Å². The summed E-state index contributed by atoms with van der Waals surface area (Å²) in [5.74, 6) is 0.833. The van der Waals surface area contributed by atoms with E-state index in [0.717, 1.165) is 11.8 Å². The number of aldehydes is 1. The van der Waals surface area contributed by atoms with Gasteiger partial charge in [-0.25, -0.2) is 9.19 Å². The number of carbonyl (C=O) groups excluding carboxylic acids is 2. The summed E-state index contributed by atoms with van der Waals surface area (Å²) in [6.07, 6.45) is 2.46. The Morgan fingerprint density at radius 3 is 2.62 bits per heavy atom. The minimum atomic E-state index is -1.61. The number of anilines is 1. The summed E-state index contributed by atoms with van der Waals surface area (Å²) < 4.78 is 25.0. The number of hydrogen-bond donors (Lipinski definition) is 2. The zero-order valence-electron chi connectivity index (χ0n) is 22.6. The number of ether oxygens (including phenoxy) is 2. The van der Waals surface area contributed by atoms with Crippen molar-refractivity contribution < 1.29 is 23.3 Å². The average Bonchev–Trinajstić information content (AvgIpc) is 3.43. The molecule has 0 spiro atoms. The first-order chi connectivity index (χ1) is 19.3. The van der Waals surface area contributed by atoms with Crippen molar-refractivity contribution in [2.45, 2.75) is 22.4 Å². The molecule has 2 aromatic heterocycles. The Labute approximate surface area is 240 Å². The molecule has 2 N–H and O–H groups in total. The number of thioether (sulfide) groups is 1. The molecule has 210 valence electrons. The highest BCUT2D eigenvalue weighted by Gasteiger charge is 2.26. The van der Waals surface area contributed by atoms with E-state index in [2.05, 4.69) is 15.3 Å². The van der Waals surface area contributed by atoms with Crippen molar-refractivity contribution in [3.8, 4) is 5.75 Å². The van der Waals surface area contributed by atoms with Crippen LogP contribution in [0, 0.1) is 0 Å². The van der Waals surface area contributed by atoms with E-state index in [1.807, 2.05) is 43.3 Å². The van der Waals surface area contributed by atoms with Crippen LogP contribution in [0.1, 0.15) is 23.0 Å². The Hall–Kier alpha value is -3.67. The molecule has 0 aliphatic heterocycles. The number of nitrogens with zero attached hydrogens (tertiary/aromatic N) is 2. The summed E-state index contributed by atoms with van der Waals surface area (Å²) >= 11 is 1.47. The van der Waals surface area contributed by atoms with Crippen LogP contribution in [0.3, 0.4) is 0 Å². The number of fused-ring (bicyclic) bond motifs is 1. The topological polar surface area (TPSA) is 114 Å². The van der Waals surface area contributed by atoms with Gasteiger partial charge >= 0.3 is 0 Å². The molecule has 1 amide bonds. The first-order valence-corrected chi connectivity index (χ1v) is 14.7. The maximum atomic E-state index is 13.3. The minimum Gasteiger partial charge on any atom is -0.491 e. The lowest BCUT2D eigenvalue weighted by atomic mass is 10.2. The molecule has 40 heavy (non-hydrogen) atoms. The first-order valence-electron chi connectivity index (χ1n) is 12.6. The van der Waals surface area contributed by atoms with Crippen LogP contribution in [0.2, 0.25) is 0 Å².